The van der Waals surface area contributed by atoms with Gasteiger partial charge in [0.15, 0.2) is 0 Å². The Bertz CT molecular complexity index is 306. The first kappa shape index (κ1) is 10.5. The molecule has 0 bridgehead atoms. The van der Waals surface area contributed by atoms with E-state index in [9.17, 15) is 0 Å². The summed E-state index contributed by atoms with van der Waals surface area (Å²) in [6.07, 6.45) is 0.462. The van der Waals surface area contributed by atoms with Crippen LogP contribution in [0.15, 0.2) is 29.4 Å². The number of nitrogens with zero attached hydrogens (tertiary/aromatic N) is 1. The zero-order valence-corrected chi connectivity index (χ0v) is 8.10. The quantitative estimate of drug-likeness (QED) is 0.326. The van der Waals surface area contributed by atoms with Crippen molar-refractivity contribution in [1.82, 2.24) is 0 Å². The molecule has 0 atom stereocenters. The molecule has 0 amide bonds. The van der Waals surface area contributed by atoms with E-state index in [1.54, 1.807) is 7.11 Å². The normalized spacial score (nSPS) is 11.6. The van der Waals surface area contributed by atoms with Gasteiger partial charge in [0.25, 0.3) is 0 Å². The van der Waals surface area contributed by atoms with Crippen molar-refractivity contribution in [2.24, 2.45) is 10.9 Å². The number of ether oxygens (including phenoxy) is 1. The first-order chi connectivity index (χ1) is 6.76. The highest BCUT2D eigenvalue weighted by atomic mass is 16.5. The summed E-state index contributed by atoms with van der Waals surface area (Å²) in [5.41, 5.74) is 7.50. The first-order valence-electron chi connectivity index (χ1n) is 4.29. The third kappa shape index (κ3) is 3.06. The molecule has 0 fully saturated rings. The molecule has 0 aliphatic rings. The van der Waals surface area contributed by atoms with Gasteiger partial charge in [0.2, 0.25) is 0 Å². The minimum Gasteiger partial charge on any atom is -0.409 e. The molecule has 4 nitrogen and oxygen atoms in total. The molecule has 0 saturated carbocycles. The molecule has 4 heteroatoms. The number of rotatable bonds is 4. The van der Waals surface area contributed by atoms with Crippen molar-refractivity contribution in [3.05, 3.63) is 35.4 Å². The van der Waals surface area contributed by atoms with Crippen LogP contribution >= 0.6 is 0 Å². The second-order valence-electron chi connectivity index (χ2n) is 3.02. The van der Waals surface area contributed by atoms with Crippen LogP contribution in [0, 0.1) is 0 Å². The lowest BCUT2D eigenvalue weighted by atomic mass is 10.1. The number of hydrogen-bond donors (Lipinski definition) is 2. The summed E-state index contributed by atoms with van der Waals surface area (Å²) in [4.78, 5) is 0. The summed E-state index contributed by atoms with van der Waals surface area (Å²) < 4.78 is 4.98. The summed E-state index contributed by atoms with van der Waals surface area (Å²) in [5.74, 6) is 0.212. The van der Waals surface area contributed by atoms with Gasteiger partial charge in [0.1, 0.15) is 5.84 Å². The van der Waals surface area contributed by atoms with Crippen molar-refractivity contribution in [1.29, 1.82) is 0 Å². The lowest BCUT2D eigenvalue weighted by molar-refractivity contribution is 0.185. The van der Waals surface area contributed by atoms with Crippen LogP contribution in [0.4, 0.5) is 0 Å². The second-order valence-corrected chi connectivity index (χ2v) is 3.02. The van der Waals surface area contributed by atoms with E-state index in [2.05, 4.69) is 5.16 Å². The highest BCUT2D eigenvalue weighted by Crippen LogP contribution is 2.05. The molecule has 14 heavy (non-hydrogen) atoms. The fourth-order valence-electron chi connectivity index (χ4n) is 1.16. The van der Waals surface area contributed by atoms with E-state index in [1.165, 1.54) is 0 Å². The number of methoxy groups -OCH3 is 1. The molecule has 3 N–H and O–H groups in total. The highest BCUT2D eigenvalue weighted by Gasteiger charge is 1.97. The van der Waals surface area contributed by atoms with Gasteiger partial charge in [-0.3, -0.25) is 0 Å². The van der Waals surface area contributed by atoms with Gasteiger partial charge in [-0.2, -0.15) is 0 Å². The third-order valence-corrected chi connectivity index (χ3v) is 1.85. The predicted molar refractivity (Wildman–Crippen MR) is 54.3 cm³/mol. The van der Waals surface area contributed by atoms with Gasteiger partial charge in [-0.05, 0) is 11.1 Å². The molecule has 76 valence electrons. The van der Waals surface area contributed by atoms with Gasteiger partial charge >= 0.3 is 0 Å². The largest absolute Gasteiger partial charge is 0.409 e. The van der Waals surface area contributed by atoms with Crippen molar-refractivity contribution < 1.29 is 9.94 Å². The Kier molecular flexibility index (Phi) is 3.94. The summed E-state index contributed by atoms with van der Waals surface area (Å²) >= 11 is 0. The minimum atomic E-state index is 0.212. The topological polar surface area (TPSA) is 67.8 Å². The minimum absolute atomic E-state index is 0.212. The zero-order valence-electron chi connectivity index (χ0n) is 8.10. The molecule has 0 unspecified atom stereocenters. The summed E-state index contributed by atoms with van der Waals surface area (Å²) in [6.45, 7) is 0.601. The fraction of sp³-hybridized carbons (Fsp3) is 0.300. The number of hydrogen-bond acceptors (Lipinski definition) is 3. The van der Waals surface area contributed by atoms with E-state index in [4.69, 9.17) is 15.7 Å². The lowest BCUT2D eigenvalue weighted by Crippen LogP contribution is -2.14. The summed E-state index contributed by atoms with van der Waals surface area (Å²) in [6, 6.07) is 7.80. The van der Waals surface area contributed by atoms with Crippen molar-refractivity contribution in [2.75, 3.05) is 7.11 Å². The average molecular weight is 194 g/mol. The maximum Gasteiger partial charge on any atom is 0.143 e. The number of nitrogens with two attached hydrogens (primary N) is 1. The maximum absolute atomic E-state index is 8.38. The lowest BCUT2D eigenvalue weighted by Gasteiger charge is -2.02. The van der Waals surface area contributed by atoms with Gasteiger partial charge in [-0.15, -0.1) is 0 Å². The van der Waals surface area contributed by atoms with E-state index in [1.807, 2.05) is 24.3 Å². The Morgan fingerprint density at radius 3 is 2.43 bits per heavy atom. The van der Waals surface area contributed by atoms with Crippen LogP contribution in [-0.4, -0.2) is 18.2 Å². The molecular formula is C10H14N2O2. The number of oxime groups is 1. The summed E-state index contributed by atoms with van der Waals surface area (Å²) in [7, 11) is 1.66. The van der Waals surface area contributed by atoms with Gasteiger partial charge in [0, 0.05) is 13.5 Å². The van der Waals surface area contributed by atoms with E-state index in [0.29, 0.717) is 13.0 Å². The standard InChI is InChI=1S/C10H14N2O2/c1-14-7-9-4-2-8(3-5-9)6-10(11)12-13/h2-5,13H,6-7H2,1H3,(H2,11,12). The summed E-state index contributed by atoms with van der Waals surface area (Å²) in [5, 5.41) is 11.3. The van der Waals surface area contributed by atoms with Gasteiger partial charge in [0.05, 0.1) is 6.61 Å². The van der Waals surface area contributed by atoms with Crippen molar-refractivity contribution in [2.45, 2.75) is 13.0 Å². The SMILES string of the molecule is COCc1ccc(C/C(N)=N/O)cc1. The van der Waals surface area contributed by atoms with Crippen LogP contribution in [0.5, 0.6) is 0 Å². The monoisotopic (exact) mass is 194 g/mol. The molecule has 0 spiro atoms. The molecular weight excluding hydrogens is 180 g/mol. The molecule has 0 radical (unpaired) electrons. The van der Waals surface area contributed by atoms with Crippen LogP contribution in [0.1, 0.15) is 11.1 Å². The van der Waals surface area contributed by atoms with Crippen LogP contribution in [0.25, 0.3) is 0 Å². The van der Waals surface area contributed by atoms with Crippen molar-refractivity contribution in [3.8, 4) is 0 Å². The smallest absolute Gasteiger partial charge is 0.143 e. The molecule has 1 aromatic carbocycles. The zero-order chi connectivity index (χ0) is 10.4. The van der Waals surface area contributed by atoms with Crippen LogP contribution < -0.4 is 5.73 Å². The van der Waals surface area contributed by atoms with Crippen LogP contribution in [0.3, 0.4) is 0 Å². The van der Waals surface area contributed by atoms with Crippen molar-refractivity contribution >= 4 is 5.84 Å². The number of amidine groups is 1. The van der Waals surface area contributed by atoms with Crippen molar-refractivity contribution in [3.63, 3.8) is 0 Å². The van der Waals surface area contributed by atoms with Crippen LogP contribution in [-0.2, 0) is 17.8 Å². The Labute approximate surface area is 83.0 Å². The average Bonchev–Trinajstić information content (AvgIpc) is 2.21. The molecule has 1 aromatic rings. The van der Waals surface area contributed by atoms with Crippen LogP contribution in [0.2, 0.25) is 0 Å². The Morgan fingerprint density at radius 1 is 1.36 bits per heavy atom. The van der Waals surface area contributed by atoms with E-state index >= 15 is 0 Å². The predicted octanol–water partition coefficient (Wildman–Crippen LogP) is 1.12. The molecule has 0 aliphatic heterocycles. The fourth-order valence-corrected chi connectivity index (χ4v) is 1.16. The van der Waals surface area contributed by atoms with E-state index < -0.39 is 0 Å². The van der Waals surface area contributed by atoms with Gasteiger partial charge in [-0.25, -0.2) is 0 Å². The van der Waals surface area contributed by atoms with Gasteiger partial charge in [-0.1, -0.05) is 29.4 Å². The van der Waals surface area contributed by atoms with Gasteiger partial charge < -0.3 is 15.7 Å². The Hall–Kier alpha value is -1.55. The molecule has 0 aliphatic carbocycles. The molecule has 0 heterocycles. The Morgan fingerprint density at radius 2 is 1.93 bits per heavy atom. The van der Waals surface area contributed by atoms with E-state index in [0.717, 1.165) is 11.1 Å². The molecule has 0 aromatic heterocycles. The third-order valence-electron chi connectivity index (χ3n) is 1.85. The van der Waals surface area contributed by atoms with E-state index in [-0.39, 0.29) is 5.84 Å². The number of benzene rings is 1. The second kappa shape index (κ2) is 5.24. The molecule has 0 saturated heterocycles. The molecule has 1 rings (SSSR count). The first-order valence-corrected chi connectivity index (χ1v) is 4.29. The maximum atomic E-state index is 8.38. The highest BCUT2D eigenvalue weighted by molar-refractivity contribution is 5.81. The Balaban J connectivity index is 2.64.